The Labute approximate surface area is 199 Å². The number of anilines is 3. The third-order valence-corrected chi connectivity index (χ3v) is 6.32. The predicted molar refractivity (Wildman–Crippen MR) is 135 cm³/mol. The van der Waals surface area contributed by atoms with Crippen molar-refractivity contribution >= 4 is 28.0 Å². The summed E-state index contributed by atoms with van der Waals surface area (Å²) < 4.78 is 11.2. The molecule has 0 bridgehead atoms. The Bertz CT molecular complexity index is 1300. The molecule has 2 heterocycles. The lowest BCUT2D eigenvalue weighted by molar-refractivity contribution is 0.176. The number of ether oxygens (including phenoxy) is 2. The lowest BCUT2D eigenvalue weighted by atomic mass is 10.1. The molecule has 0 saturated carbocycles. The number of nitrogens with zero attached hydrogens (tertiary/aromatic N) is 1. The van der Waals surface area contributed by atoms with Crippen molar-refractivity contribution in [1.29, 1.82) is 0 Å². The number of hydrogen-bond acceptors (Lipinski definition) is 6. The summed E-state index contributed by atoms with van der Waals surface area (Å²) in [5, 5.41) is 18.4. The molecule has 0 saturated heterocycles. The third kappa shape index (κ3) is 4.39. The molecule has 1 atom stereocenters. The van der Waals surface area contributed by atoms with Gasteiger partial charge in [-0.25, -0.2) is 0 Å². The average Bonchev–Trinajstić information content (AvgIpc) is 3.44. The molecule has 7 nitrogen and oxygen atoms in total. The first-order valence-corrected chi connectivity index (χ1v) is 11.7. The maximum Gasteiger partial charge on any atom is 0.144 e. The number of methoxy groups -OCH3 is 1. The molecular weight excluding hydrogens is 428 g/mol. The summed E-state index contributed by atoms with van der Waals surface area (Å²) in [4.78, 5) is 7.69. The van der Waals surface area contributed by atoms with E-state index in [2.05, 4.69) is 32.9 Å². The second kappa shape index (κ2) is 9.65. The first-order valence-electron chi connectivity index (χ1n) is 11.7. The number of aromatic amines is 1. The minimum Gasteiger partial charge on any atom is -0.497 e. The fraction of sp³-hybridized carbons (Fsp3) is 0.296. The second-order valence-electron chi connectivity index (χ2n) is 8.45. The minimum absolute atomic E-state index is 0.471. The molecule has 0 radical (unpaired) electrons. The number of fused-ring (bicyclic) bond motifs is 2. The van der Waals surface area contributed by atoms with E-state index in [9.17, 15) is 5.11 Å². The van der Waals surface area contributed by atoms with E-state index in [1.165, 1.54) is 10.9 Å². The van der Waals surface area contributed by atoms with Crippen molar-refractivity contribution in [3.63, 3.8) is 0 Å². The Balaban J connectivity index is 1.28. The highest BCUT2D eigenvalue weighted by Crippen LogP contribution is 2.36. The number of benzene rings is 2. The van der Waals surface area contributed by atoms with Gasteiger partial charge in [-0.05, 0) is 67.6 Å². The molecule has 2 aromatic carbocycles. The van der Waals surface area contributed by atoms with Crippen molar-refractivity contribution in [3.8, 4) is 11.5 Å². The van der Waals surface area contributed by atoms with Gasteiger partial charge in [-0.1, -0.05) is 0 Å². The van der Waals surface area contributed by atoms with Crippen LogP contribution in [0.4, 0.5) is 17.1 Å². The summed E-state index contributed by atoms with van der Waals surface area (Å²) in [6, 6.07) is 14.2. The quantitative estimate of drug-likeness (QED) is 0.270. The molecule has 4 aromatic rings. The van der Waals surface area contributed by atoms with E-state index < -0.39 is 6.10 Å². The number of aliphatic hydroxyl groups excluding tert-OH is 1. The van der Waals surface area contributed by atoms with Crippen LogP contribution in [0, 0.1) is 0 Å². The van der Waals surface area contributed by atoms with Crippen molar-refractivity contribution in [1.82, 2.24) is 9.97 Å². The van der Waals surface area contributed by atoms with Gasteiger partial charge in [0, 0.05) is 53.3 Å². The van der Waals surface area contributed by atoms with Gasteiger partial charge in [-0.2, -0.15) is 0 Å². The van der Waals surface area contributed by atoms with Crippen molar-refractivity contribution < 1.29 is 14.6 Å². The molecule has 0 spiro atoms. The van der Waals surface area contributed by atoms with Crippen molar-refractivity contribution in [2.45, 2.75) is 32.3 Å². The highest BCUT2D eigenvalue weighted by atomic mass is 16.5. The molecular formula is C27H30N4O3. The first kappa shape index (κ1) is 22.1. The van der Waals surface area contributed by atoms with Gasteiger partial charge in [0.15, 0.2) is 0 Å². The van der Waals surface area contributed by atoms with Crippen LogP contribution in [0.25, 0.3) is 10.9 Å². The van der Waals surface area contributed by atoms with Gasteiger partial charge >= 0.3 is 0 Å². The molecule has 0 unspecified atom stereocenters. The molecule has 7 heteroatoms. The number of hydrogen-bond donors (Lipinski definition) is 4. The molecule has 0 aliphatic heterocycles. The third-order valence-electron chi connectivity index (χ3n) is 6.32. The van der Waals surface area contributed by atoms with Crippen LogP contribution in [0.2, 0.25) is 0 Å². The van der Waals surface area contributed by atoms with Gasteiger partial charge in [-0.3, -0.25) is 4.98 Å². The van der Waals surface area contributed by atoms with Gasteiger partial charge in [0.2, 0.25) is 0 Å². The Morgan fingerprint density at radius 3 is 2.91 bits per heavy atom. The molecule has 4 N–H and O–H groups in total. The van der Waals surface area contributed by atoms with E-state index in [1.807, 2.05) is 43.3 Å². The highest BCUT2D eigenvalue weighted by molar-refractivity contribution is 5.84. The van der Waals surface area contributed by atoms with Crippen LogP contribution in [-0.4, -0.2) is 35.3 Å². The van der Waals surface area contributed by atoms with E-state index in [1.54, 1.807) is 13.3 Å². The van der Waals surface area contributed by atoms with Crippen LogP contribution in [0.1, 0.15) is 36.3 Å². The lowest BCUT2D eigenvalue weighted by Crippen LogP contribution is -2.07. The molecule has 5 rings (SSSR count). The topological polar surface area (TPSA) is 91.4 Å². The highest BCUT2D eigenvalue weighted by Gasteiger charge is 2.24. The maximum atomic E-state index is 10.1. The zero-order valence-corrected chi connectivity index (χ0v) is 19.5. The van der Waals surface area contributed by atoms with Gasteiger partial charge in [-0.15, -0.1) is 0 Å². The Hall–Kier alpha value is -3.71. The Morgan fingerprint density at radius 2 is 2.06 bits per heavy atom. The van der Waals surface area contributed by atoms with Gasteiger partial charge in [0.05, 0.1) is 31.2 Å². The van der Waals surface area contributed by atoms with Crippen LogP contribution >= 0.6 is 0 Å². The predicted octanol–water partition coefficient (Wildman–Crippen LogP) is 5.35. The van der Waals surface area contributed by atoms with Gasteiger partial charge in [0.1, 0.15) is 11.5 Å². The molecule has 0 fully saturated rings. The summed E-state index contributed by atoms with van der Waals surface area (Å²) in [5.41, 5.74) is 7.10. The monoisotopic (exact) mass is 458 g/mol. The summed E-state index contributed by atoms with van der Waals surface area (Å²) in [5.74, 6) is 1.66. The Morgan fingerprint density at radius 1 is 1.15 bits per heavy atom. The van der Waals surface area contributed by atoms with Crippen LogP contribution in [0.3, 0.4) is 0 Å². The zero-order valence-electron chi connectivity index (χ0n) is 19.5. The largest absolute Gasteiger partial charge is 0.497 e. The van der Waals surface area contributed by atoms with Crippen molar-refractivity contribution in [2.24, 2.45) is 0 Å². The van der Waals surface area contributed by atoms with E-state index in [0.717, 1.165) is 71.1 Å². The van der Waals surface area contributed by atoms with E-state index in [-0.39, 0.29) is 0 Å². The summed E-state index contributed by atoms with van der Waals surface area (Å²) >= 11 is 0. The summed E-state index contributed by atoms with van der Waals surface area (Å²) in [6.07, 6.45) is 5.76. The van der Waals surface area contributed by atoms with E-state index in [4.69, 9.17) is 9.47 Å². The molecule has 1 aliphatic carbocycles. The zero-order chi connectivity index (χ0) is 23.5. The van der Waals surface area contributed by atoms with Crippen molar-refractivity contribution in [2.75, 3.05) is 30.9 Å². The normalized spacial score (nSPS) is 14.7. The molecule has 176 valence electrons. The molecule has 1 aliphatic rings. The van der Waals surface area contributed by atoms with Crippen molar-refractivity contribution in [3.05, 3.63) is 71.7 Å². The fourth-order valence-electron chi connectivity index (χ4n) is 4.60. The number of pyridine rings is 1. The Kier molecular flexibility index (Phi) is 6.27. The fourth-order valence-corrected chi connectivity index (χ4v) is 4.60. The summed E-state index contributed by atoms with van der Waals surface area (Å²) in [7, 11) is 1.68. The number of nitrogens with one attached hydrogen (secondary N) is 3. The molecule has 34 heavy (non-hydrogen) atoms. The molecule has 0 amide bonds. The number of rotatable bonds is 9. The van der Waals surface area contributed by atoms with Gasteiger partial charge in [0.25, 0.3) is 0 Å². The molecule has 2 aromatic heterocycles. The minimum atomic E-state index is -0.471. The first-order chi connectivity index (χ1) is 16.7. The number of H-pyrrole nitrogens is 1. The van der Waals surface area contributed by atoms with Crippen LogP contribution in [0.15, 0.2) is 54.9 Å². The lowest BCUT2D eigenvalue weighted by Gasteiger charge is -2.16. The maximum absolute atomic E-state index is 10.1. The van der Waals surface area contributed by atoms with Crippen LogP contribution < -0.4 is 20.1 Å². The summed E-state index contributed by atoms with van der Waals surface area (Å²) in [6.45, 7) is 3.35. The second-order valence-corrected chi connectivity index (χ2v) is 8.45. The van der Waals surface area contributed by atoms with Crippen LogP contribution in [0.5, 0.6) is 11.5 Å². The number of aromatic nitrogens is 2. The van der Waals surface area contributed by atoms with Crippen LogP contribution in [-0.2, 0) is 12.8 Å². The number of aliphatic hydroxyl groups is 1. The van der Waals surface area contributed by atoms with E-state index in [0.29, 0.717) is 6.61 Å². The van der Waals surface area contributed by atoms with E-state index >= 15 is 0 Å². The SMILES string of the molecule is CCOc1cc(Nc2ccnc3c2CC[C@@H]3O)ccc1NCCc1c[nH]c2cc(OC)ccc12. The standard InChI is InChI=1S/C27H30N4O3/c1-3-34-26-14-18(31-22-11-13-29-27-21(22)7-9-25(27)32)4-8-23(26)28-12-10-17-16-30-24-15-19(33-2)5-6-20(17)24/h4-6,8,11,13-16,25,28,30,32H,3,7,9-10,12H2,1-2H3,(H,29,31)/t25-/m0/s1. The average molecular weight is 459 g/mol. The smallest absolute Gasteiger partial charge is 0.144 e. The van der Waals surface area contributed by atoms with Gasteiger partial charge < -0.3 is 30.2 Å².